The number of ether oxygens (including phenoxy) is 1. The first-order valence-electron chi connectivity index (χ1n) is 11.8. The summed E-state index contributed by atoms with van der Waals surface area (Å²) in [5.41, 5.74) is 3.36. The molecule has 1 aromatic heterocycles. The highest BCUT2D eigenvalue weighted by Crippen LogP contribution is 2.37. The molecule has 0 spiro atoms. The van der Waals surface area contributed by atoms with Gasteiger partial charge in [0, 0.05) is 25.4 Å². The lowest BCUT2D eigenvalue weighted by Gasteiger charge is -2.37. The Balaban J connectivity index is 1.48. The molecule has 1 atom stereocenters. The van der Waals surface area contributed by atoms with Gasteiger partial charge in [-0.05, 0) is 59.7 Å². The predicted octanol–water partition coefficient (Wildman–Crippen LogP) is 5.13. The smallest absolute Gasteiger partial charge is 0.270 e. The molecule has 0 saturated heterocycles. The summed E-state index contributed by atoms with van der Waals surface area (Å²) in [6.45, 7) is 7.25. The van der Waals surface area contributed by atoms with Crippen molar-refractivity contribution in [3.05, 3.63) is 81.1 Å². The second-order valence-electron chi connectivity index (χ2n) is 9.13. The van der Waals surface area contributed by atoms with Crippen LogP contribution in [0, 0.1) is 11.7 Å². The fraction of sp³-hybridized carbons (Fsp3) is 0.370. The number of carbonyl (C=O) groups is 2. The number of aromatic nitrogens is 1. The molecular weight excluding hydrogens is 465 g/mol. The van der Waals surface area contributed by atoms with Crippen molar-refractivity contribution in [2.45, 2.75) is 46.3 Å². The lowest BCUT2D eigenvalue weighted by molar-refractivity contribution is -0.130. The first-order chi connectivity index (χ1) is 16.8. The number of halogens is 1. The van der Waals surface area contributed by atoms with Gasteiger partial charge < -0.3 is 15.0 Å². The lowest BCUT2D eigenvalue weighted by Crippen LogP contribution is -2.39. The molecule has 1 aliphatic rings. The van der Waals surface area contributed by atoms with Crippen LogP contribution in [0.5, 0.6) is 5.75 Å². The van der Waals surface area contributed by atoms with Crippen LogP contribution in [0.1, 0.15) is 65.4 Å². The topological polar surface area (TPSA) is 71.5 Å². The summed E-state index contributed by atoms with van der Waals surface area (Å²) >= 11 is 1.38. The highest BCUT2D eigenvalue weighted by molar-refractivity contribution is 7.09. The maximum atomic E-state index is 13.5. The molecule has 1 aliphatic heterocycles. The predicted molar refractivity (Wildman–Crippen MR) is 134 cm³/mol. The summed E-state index contributed by atoms with van der Waals surface area (Å²) in [5, 5.41) is 5.34. The third-order valence-corrected chi connectivity index (χ3v) is 6.91. The molecule has 0 unspecified atom stereocenters. The minimum Gasteiger partial charge on any atom is -0.486 e. The monoisotopic (exact) mass is 495 g/mol. The molecule has 1 N–H and O–H groups in total. The average Bonchev–Trinajstić information content (AvgIpc) is 3.31. The number of nitrogens with zero attached hydrogens (tertiary/aromatic N) is 2. The molecule has 184 valence electrons. The molecule has 3 aromatic rings. The Bertz CT molecular complexity index is 1190. The molecule has 2 heterocycles. The van der Waals surface area contributed by atoms with Gasteiger partial charge in [-0.2, -0.15) is 0 Å². The van der Waals surface area contributed by atoms with E-state index in [1.807, 2.05) is 23.1 Å². The molecule has 0 aliphatic carbocycles. The number of benzene rings is 2. The van der Waals surface area contributed by atoms with Crippen LogP contribution in [0.15, 0.2) is 47.8 Å². The number of thiazole rings is 1. The Labute approximate surface area is 209 Å². The van der Waals surface area contributed by atoms with Crippen molar-refractivity contribution < 1.29 is 18.7 Å². The number of carbonyl (C=O) groups excluding carboxylic acids is 2. The van der Waals surface area contributed by atoms with Gasteiger partial charge in [-0.3, -0.25) is 9.59 Å². The summed E-state index contributed by atoms with van der Waals surface area (Å²) in [6.07, 6.45) is 1.67. The van der Waals surface area contributed by atoms with Crippen LogP contribution in [0.4, 0.5) is 4.39 Å². The van der Waals surface area contributed by atoms with E-state index in [2.05, 4.69) is 24.1 Å². The Kier molecular flexibility index (Phi) is 7.80. The molecule has 2 aromatic carbocycles. The van der Waals surface area contributed by atoms with E-state index < -0.39 is 0 Å². The normalized spacial score (nSPS) is 15.1. The highest BCUT2D eigenvalue weighted by atomic mass is 32.1. The van der Waals surface area contributed by atoms with Crippen LogP contribution < -0.4 is 10.1 Å². The van der Waals surface area contributed by atoms with Crippen molar-refractivity contribution in [3.63, 3.8) is 0 Å². The van der Waals surface area contributed by atoms with E-state index in [1.54, 1.807) is 24.4 Å². The van der Waals surface area contributed by atoms with E-state index >= 15 is 0 Å². The number of rotatable bonds is 8. The van der Waals surface area contributed by atoms with Crippen LogP contribution in [0.25, 0.3) is 0 Å². The maximum Gasteiger partial charge on any atom is 0.270 e. The van der Waals surface area contributed by atoms with Crippen LogP contribution in [-0.2, 0) is 17.8 Å². The molecule has 35 heavy (non-hydrogen) atoms. The number of amides is 2. The third-order valence-electron chi connectivity index (χ3n) is 6.09. The summed E-state index contributed by atoms with van der Waals surface area (Å²) in [4.78, 5) is 30.9. The molecule has 0 bridgehead atoms. The van der Waals surface area contributed by atoms with Crippen molar-refractivity contribution in [2.75, 3.05) is 13.1 Å². The molecule has 8 heteroatoms. The molecule has 0 fully saturated rings. The molecular formula is C27H30FN3O3S. The molecule has 6 nitrogen and oxygen atoms in total. The van der Waals surface area contributed by atoms with E-state index in [9.17, 15) is 14.0 Å². The zero-order valence-electron chi connectivity index (χ0n) is 20.2. The van der Waals surface area contributed by atoms with Crippen molar-refractivity contribution in [2.24, 2.45) is 5.92 Å². The van der Waals surface area contributed by atoms with Gasteiger partial charge in [0.25, 0.3) is 5.91 Å². The summed E-state index contributed by atoms with van der Waals surface area (Å²) in [5.74, 6) is 0.662. The Morgan fingerprint density at radius 1 is 1.23 bits per heavy atom. The van der Waals surface area contributed by atoms with Gasteiger partial charge in [-0.15, -0.1) is 11.3 Å². The SMILES string of the molecule is CC(=O)N1CCc2ccc(OCc3nc(C(=O)NCCC(C)C)cs3)cc2[C@@H]1c1ccc(F)cc1. The van der Waals surface area contributed by atoms with E-state index in [0.717, 1.165) is 29.5 Å². The van der Waals surface area contributed by atoms with Crippen LogP contribution in [0.3, 0.4) is 0 Å². The Morgan fingerprint density at radius 3 is 2.71 bits per heavy atom. The third kappa shape index (κ3) is 6.06. The van der Waals surface area contributed by atoms with Gasteiger partial charge in [0.15, 0.2) is 0 Å². The van der Waals surface area contributed by atoms with Crippen molar-refractivity contribution in [3.8, 4) is 5.75 Å². The molecule has 0 radical (unpaired) electrons. The van der Waals surface area contributed by atoms with E-state index in [0.29, 0.717) is 35.5 Å². The lowest BCUT2D eigenvalue weighted by atomic mass is 9.88. The second-order valence-corrected chi connectivity index (χ2v) is 10.1. The summed E-state index contributed by atoms with van der Waals surface area (Å²) < 4.78 is 19.6. The van der Waals surface area contributed by atoms with Gasteiger partial charge in [0.1, 0.15) is 28.9 Å². The van der Waals surface area contributed by atoms with Gasteiger partial charge in [-0.25, -0.2) is 9.37 Å². The largest absolute Gasteiger partial charge is 0.486 e. The number of fused-ring (bicyclic) bond motifs is 1. The zero-order valence-corrected chi connectivity index (χ0v) is 21.0. The van der Waals surface area contributed by atoms with Crippen LogP contribution in [-0.4, -0.2) is 34.8 Å². The van der Waals surface area contributed by atoms with Crippen molar-refractivity contribution >= 4 is 23.2 Å². The standard InChI is InChI=1S/C27H30FN3O3S/c1-17(2)10-12-29-27(33)24-16-35-25(30-24)15-34-22-9-6-19-11-13-31(18(3)32)26(23(19)14-22)20-4-7-21(28)8-5-20/h4-9,14,16-17,26H,10-13,15H2,1-3H3,(H,29,33)/t26-/m0/s1. The Hall–Kier alpha value is -3.26. The number of nitrogens with one attached hydrogen (secondary N) is 1. The van der Waals surface area contributed by atoms with Crippen molar-refractivity contribution in [1.82, 2.24) is 15.2 Å². The number of hydrogen-bond acceptors (Lipinski definition) is 5. The minimum absolute atomic E-state index is 0.0294. The van der Waals surface area contributed by atoms with Gasteiger partial charge in [0.2, 0.25) is 5.91 Å². The van der Waals surface area contributed by atoms with Gasteiger partial charge >= 0.3 is 0 Å². The van der Waals surface area contributed by atoms with Crippen LogP contribution >= 0.6 is 11.3 Å². The fourth-order valence-corrected chi connectivity index (χ4v) is 4.90. The summed E-state index contributed by atoms with van der Waals surface area (Å²) in [7, 11) is 0. The quantitative estimate of drug-likeness (QED) is 0.470. The zero-order chi connectivity index (χ0) is 24.9. The molecule has 2 amide bonds. The second kappa shape index (κ2) is 11.0. The molecule has 0 saturated carbocycles. The maximum absolute atomic E-state index is 13.5. The number of hydrogen-bond donors (Lipinski definition) is 1. The van der Waals surface area contributed by atoms with E-state index in [1.165, 1.54) is 23.5 Å². The average molecular weight is 496 g/mol. The first-order valence-corrected chi connectivity index (χ1v) is 12.7. The van der Waals surface area contributed by atoms with Gasteiger partial charge in [0.05, 0.1) is 6.04 Å². The highest BCUT2D eigenvalue weighted by Gasteiger charge is 2.31. The first kappa shape index (κ1) is 24.9. The van der Waals surface area contributed by atoms with Gasteiger partial charge in [-0.1, -0.05) is 32.0 Å². The fourth-order valence-electron chi connectivity index (χ4n) is 4.22. The summed E-state index contributed by atoms with van der Waals surface area (Å²) in [6, 6.07) is 11.9. The van der Waals surface area contributed by atoms with E-state index in [4.69, 9.17) is 4.74 Å². The van der Waals surface area contributed by atoms with Crippen molar-refractivity contribution in [1.29, 1.82) is 0 Å². The molecule has 4 rings (SSSR count). The minimum atomic E-state index is -0.312. The van der Waals surface area contributed by atoms with Crippen LogP contribution in [0.2, 0.25) is 0 Å². The van der Waals surface area contributed by atoms with E-state index in [-0.39, 0.29) is 30.3 Å². The Morgan fingerprint density at radius 2 is 2.00 bits per heavy atom.